The van der Waals surface area contributed by atoms with Crippen LogP contribution < -0.4 is 5.32 Å². The molecule has 1 unspecified atom stereocenters. The van der Waals surface area contributed by atoms with Crippen LogP contribution in [0.3, 0.4) is 0 Å². The monoisotopic (exact) mass is 285 g/mol. The SMILES string of the molecule is CS(=O)(=O)c1ccc(CNCC2CCSC2)cc1. The highest BCUT2D eigenvalue weighted by atomic mass is 32.2. The second-order valence-electron chi connectivity index (χ2n) is 4.78. The van der Waals surface area contributed by atoms with Crippen molar-refractivity contribution in [1.82, 2.24) is 5.32 Å². The maximum atomic E-state index is 11.3. The smallest absolute Gasteiger partial charge is 0.175 e. The molecule has 100 valence electrons. The minimum Gasteiger partial charge on any atom is -0.312 e. The zero-order chi connectivity index (χ0) is 13.0. The molecule has 0 aromatic heterocycles. The maximum absolute atomic E-state index is 11.3. The molecule has 1 aliphatic heterocycles. The van der Waals surface area contributed by atoms with Crippen molar-refractivity contribution in [2.24, 2.45) is 5.92 Å². The van der Waals surface area contributed by atoms with E-state index in [9.17, 15) is 8.42 Å². The van der Waals surface area contributed by atoms with E-state index < -0.39 is 9.84 Å². The lowest BCUT2D eigenvalue weighted by atomic mass is 10.1. The van der Waals surface area contributed by atoms with E-state index in [1.54, 1.807) is 12.1 Å². The van der Waals surface area contributed by atoms with Crippen LogP contribution in [-0.4, -0.2) is 32.7 Å². The molecule has 1 fully saturated rings. The predicted octanol–water partition coefficient (Wildman–Crippen LogP) is 1.93. The number of hydrogen-bond acceptors (Lipinski definition) is 4. The summed E-state index contributed by atoms with van der Waals surface area (Å²) < 4.78 is 22.6. The Morgan fingerprint density at radius 2 is 2.06 bits per heavy atom. The molecule has 1 aromatic rings. The minimum atomic E-state index is -3.08. The van der Waals surface area contributed by atoms with E-state index in [-0.39, 0.29) is 0 Å². The van der Waals surface area contributed by atoms with Gasteiger partial charge in [0.25, 0.3) is 0 Å². The Labute approximate surface area is 113 Å². The molecular weight excluding hydrogens is 266 g/mol. The van der Waals surface area contributed by atoms with Crippen molar-refractivity contribution >= 4 is 21.6 Å². The summed E-state index contributed by atoms with van der Waals surface area (Å²) in [6.07, 6.45) is 2.54. The fourth-order valence-corrected chi connectivity index (χ4v) is 3.93. The highest BCUT2D eigenvalue weighted by molar-refractivity contribution is 7.99. The molecule has 1 N–H and O–H groups in total. The highest BCUT2D eigenvalue weighted by Crippen LogP contribution is 2.22. The van der Waals surface area contributed by atoms with Gasteiger partial charge >= 0.3 is 0 Å². The largest absolute Gasteiger partial charge is 0.312 e. The van der Waals surface area contributed by atoms with E-state index >= 15 is 0 Å². The number of rotatable bonds is 5. The van der Waals surface area contributed by atoms with E-state index in [1.807, 2.05) is 23.9 Å². The van der Waals surface area contributed by atoms with Gasteiger partial charge in [0.05, 0.1) is 4.90 Å². The Morgan fingerprint density at radius 3 is 2.61 bits per heavy atom. The highest BCUT2D eigenvalue weighted by Gasteiger charge is 2.14. The van der Waals surface area contributed by atoms with Gasteiger partial charge in [-0.05, 0) is 48.1 Å². The van der Waals surface area contributed by atoms with Crippen molar-refractivity contribution in [3.05, 3.63) is 29.8 Å². The van der Waals surface area contributed by atoms with E-state index in [0.717, 1.165) is 24.6 Å². The fraction of sp³-hybridized carbons (Fsp3) is 0.538. The average molecular weight is 285 g/mol. The molecule has 0 spiro atoms. The van der Waals surface area contributed by atoms with Crippen molar-refractivity contribution in [3.8, 4) is 0 Å². The Hall–Kier alpha value is -0.520. The molecule has 2 rings (SSSR count). The van der Waals surface area contributed by atoms with Gasteiger partial charge < -0.3 is 5.32 Å². The van der Waals surface area contributed by atoms with Crippen molar-refractivity contribution in [2.45, 2.75) is 17.9 Å². The molecule has 1 saturated heterocycles. The molecule has 1 atom stereocenters. The third-order valence-corrected chi connectivity index (χ3v) is 5.50. The second-order valence-corrected chi connectivity index (χ2v) is 7.94. The summed E-state index contributed by atoms with van der Waals surface area (Å²) in [4.78, 5) is 0.387. The zero-order valence-corrected chi connectivity index (χ0v) is 12.2. The lowest BCUT2D eigenvalue weighted by Crippen LogP contribution is -2.22. The first-order valence-corrected chi connectivity index (χ1v) is 9.18. The van der Waals surface area contributed by atoms with E-state index in [4.69, 9.17) is 0 Å². The molecule has 1 heterocycles. The summed E-state index contributed by atoms with van der Waals surface area (Å²) >= 11 is 2.03. The van der Waals surface area contributed by atoms with Gasteiger partial charge in [-0.3, -0.25) is 0 Å². The molecule has 0 aliphatic carbocycles. The molecule has 5 heteroatoms. The van der Waals surface area contributed by atoms with Gasteiger partial charge in [0, 0.05) is 12.8 Å². The second kappa shape index (κ2) is 6.08. The molecular formula is C13H19NO2S2. The van der Waals surface area contributed by atoms with Crippen LogP contribution in [-0.2, 0) is 16.4 Å². The third-order valence-electron chi connectivity index (χ3n) is 3.14. The lowest BCUT2D eigenvalue weighted by Gasteiger charge is -2.10. The van der Waals surface area contributed by atoms with Crippen LogP contribution in [0.5, 0.6) is 0 Å². The van der Waals surface area contributed by atoms with Crippen molar-refractivity contribution in [1.29, 1.82) is 0 Å². The molecule has 0 bridgehead atoms. The van der Waals surface area contributed by atoms with Crippen molar-refractivity contribution < 1.29 is 8.42 Å². The van der Waals surface area contributed by atoms with E-state index in [2.05, 4.69) is 5.32 Å². The first-order chi connectivity index (χ1) is 8.55. The van der Waals surface area contributed by atoms with Crippen LogP contribution in [0.25, 0.3) is 0 Å². The fourth-order valence-electron chi connectivity index (χ4n) is 2.02. The Balaban J connectivity index is 1.83. The number of nitrogens with one attached hydrogen (secondary N) is 1. The molecule has 0 saturated carbocycles. The lowest BCUT2D eigenvalue weighted by molar-refractivity contribution is 0.523. The van der Waals surface area contributed by atoms with Crippen LogP contribution in [0.1, 0.15) is 12.0 Å². The first kappa shape index (κ1) is 13.9. The summed E-state index contributed by atoms with van der Waals surface area (Å²) in [6, 6.07) is 7.12. The molecule has 0 amide bonds. The van der Waals surface area contributed by atoms with Crippen LogP contribution in [0.2, 0.25) is 0 Å². The van der Waals surface area contributed by atoms with Crippen LogP contribution in [0.4, 0.5) is 0 Å². The van der Waals surface area contributed by atoms with Crippen molar-refractivity contribution in [2.75, 3.05) is 24.3 Å². The third kappa shape index (κ3) is 4.00. The van der Waals surface area contributed by atoms with E-state index in [0.29, 0.717) is 4.90 Å². The summed E-state index contributed by atoms with van der Waals surface area (Å²) in [5.41, 5.74) is 1.13. The summed E-state index contributed by atoms with van der Waals surface area (Å²) in [7, 11) is -3.08. The Morgan fingerprint density at radius 1 is 1.33 bits per heavy atom. The molecule has 1 aromatic carbocycles. The maximum Gasteiger partial charge on any atom is 0.175 e. The molecule has 0 radical (unpaired) electrons. The molecule has 1 aliphatic rings. The van der Waals surface area contributed by atoms with Crippen LogP contribution in [0, 0.1) is 5.92 Å². The normalized spacial score (nSPS) is 20.2. The number of benzene rings is 1. The van der Waals surface area contributed by atoms with E-state index in [1.165, 1.54) is 24.2 Å². The zero-order valence-electron chi connectivity index (χ0n) is 10.6. The van der Waals surface area contributed by atoms with Gasteiger partial charge in [0.15, 0.2) is 9.84 Å². The van der Waals surface area contributed by atoms with Gasteiger partial charge in [0.1, 0.15) is 0 Å². The minimum absolute atomic E-state index is 0.387. The Kier molecular flexibility index (Phi) is 4.70. The van der Waals surface area contributed by atoms with Crippen LogP contribution in [0.15, 0.2) is 29.2 Å². The molecule has 18 heavy (non-hydrogen) atoms. The quantitative estimate of drug-likeness (QED) is 0.898. The molecule has 3 nitrogen and oxygen atoms in total. The summed E-state index contributed by atoms with van der Waals surface area (Å²) in [5, 5.41) is 3.44. The summed E-state index contributed by atoms with van der Waals surface area (Å²) in [6.45, 7) is 1.87. The van der Waals surface area contributed by atoms with Crippen molar-refractivity contribution in [3.63, 3.8) is 0 Å². The summed E-state index contributed by atoms with van der Waals surface area (Å²) in [5.74, 6) is 3.35. The Bertz CT molecular complexity index is 476. The van der Waals surface area contributed by atoms with Gasteiger partial charge in [-0.2, -0.15) is 11.8 Å². The topological polar surface area (TPSA) is 46.2 Å². The number of thioether (sulfide) groups is 1. The standard InChI is InChI=1S/C13H19NO2S2/c1-18(15,16)13-4-2-11(3-5-13)8-14-9-12-6-7-17-10-12/h2-5,12,14H,6-10H2,1H3. The van der Waals surface area contributed by atoms with Gasteiger partial charge in [0.2, 0.25) is 0 Å². The number of hydrogen-bond donors (Lipinski definition) is 1. The van der Waals surface area contributed by atoms with Gasteiger partial charge in [-0.15, -0.1) is 0 Å². The average Bonchev–Trinajstić information content (AvgIpc) is 2.82. The van der Waals surface area contributed by atoms with Crippen LogP contribution >= 0.6 is 11.8 Å². The van der Waals surface area contributed by atoms with Gasteiger partial charge in [-0.1, -0.05) is 12.1 Å². The predicted molar refractivity (Wildman–Crippen MR) is 76.7 cm³/mol. The number of sulfone groups is 1. The van der Waals surface area contributed by atoms with Gasteiger partial charge in [-0.25, -0.2) is 8.42 Å². The first-order valence-electron chi connectivity index (χ1n) is 6.13.